The van der Waals surface area contributed by atoms with Gasteiger partial charge in [0.1, 0.15) is 16.2 Å². The molecular weight excluding hydrogens is 300 g/mol. The number of rotatable bonds is 5. The van der Waals surface area contributed by atoms with E-state index in [0.29, 0.717) is 19.6 Å². The van der Waals surface area contributed by atoms with Crippen molar-refractivity contribution in [3.63, 3.8) is 0 Å². The highest BCUT2D eigenvalue weighted by Crippen LogP contribution is 2.28. The van der Waals surface area contributed by atoms with Gasteiger partial charge in [-0.1, -0.05) is 17.7 Å². The van der Waals surface area contributed by atoms with Crippen molar-refractivity contribution in [3.8, 4) is 0 Å². The average molecular weight is 315 g/mol. The van der Waals surface area contributed by atoms with Gasteiger partial charge >= 0.3 is 5.69 Å². The van der Waals surface area contributed by atoms with Crippen molar-refractivity contribution in [2.24, 2.45) is 0 Å². The predicted octanol–water partition coefficient (Wildman–Crippen LogP) is 1.78. The van der Waals surface area contributed by atoms with Crippen LogP contribution in [-0.4, -0.2) is 43.3 Å². The predicted molar refractivity (Wildman–Crippen MR) is 75.6 cm³/mol. The Morgan fingerprint density at radius 1 is 1.62 bits per heavy atom. The molecule has 1 atom stereocenters. The molecule has 0 spiro atoms. The van der Waals surface area contributed by atoms with Gasteiger partial charge in [-0.15, -0.1) is 0 Å². The number of nitro benzene ring substituents is 1. The van der Waals surface area contributed by atoms with Gasteiger partial charge in [-0.25, -0.2) is 0 Å². The topological polar surface area (TPSA) is 90.7 Å². The monoisotopic (exact) mass is 314 g/mol. The van der Waals surface area contributed by atoms with Crippen molar-refractivity contribution >= 4 is 23.2 Å². The van der Waals surface area contributed by atoms with Gasteiger partial charge in [0.05, 0.1) is 11.5 Å². The van der Waals surface area contributed by atoms with Crippen LogP contribution >= 0.6 is 11.6 Å². The normalized spacial score (nSPS) is 21.2. The molecule has 1 fully saturated rings. The summed E-state index contributed by atoms with van der Waals surface area (Å²) in [5, 5.41) is 13.6. The van der Waals surface area contributed by atoms with Crippen LogP contribution in [0, 0.1) is 10.1 Å². The zero-order valence-corrected chi connectivity index (χ0v) is 12.2. The van der Waals surface area contributed by atoms with Crippen LogP contribution in [-0.2, 0) is 9.47 Å². The maximum atomic E-state index is 12.2. The molecule has 0 saturated carbocycles. The largest absolute Gasteiger partial charge is 0.378 e. The van der Waals surface area contributed by atoms with Crippen LogP contribution in [0.15, 0.2) is 18.2 Å². The molecule has 7 nitrogen and oxygen atoms in total. The number of hydrogen-bond acceptors (Lipinski definition) is 5. The van der Waals surface area contributed by atoms with Crippen LogP contribution in [0.1, 0.15) is 16.8 Å². The maximum absolute atomic E-state index is 12.2. The first-order valence-corrected chi connectivity index (χ1v) is 6.71. The summed E-state index contributed by atoms with van der Waals surface area (Å²) in [4.78, 5) is 22.5. The number of methoxy groups -OCH3 is 1. The number of carbonyl (C=O) groups is 1. The highest BCUT2D eigenvalue weighted by Gasteiger charge is 2.36. The van der Waals surface area contributed by atoms with E-state index < -0.39 is 22.1 Å². The smallest absolute Gasteiger partial charge is 0.300 e. The minimum atomic E-state index is -0.665. The van der Waals surface area contributed by atoms with Gasteiger partial charge in [0.25, 0.3) is 5.91 Å². The molecule has 0 radical (unpaired) electrons. The van der Waals surface area contributed by atoms with Gasteiger partial charge in [0.15, 0.2) is 0 Å². The molecule has 1 aromatic rings. The minimum absolute atomic E-state index is 0.0710. The van der Waals surface area contributed by atoms with Crippen molar-refractivity contribution in [1.29, 1.82) is 0 Å². The third kappa shape index (κ3) is 3.31. The summed E-state index contributed by atoms with van der Waals surface area (Å²) in [6.07, 6.45) is 0.654. The van der Waals surface area contributed by atoms with Crippen molar-refractivity contribution in [3.05, 3.63) is 38.9 Å². The number of nitro groups is 1. The molecule has 0 aliphatic carbocycles. The molecule has 1 aliphatic heterocycles. The number of benzene rings is 1. The minimum Gasteiger partial charge on any atom is -0.378 e. The number of halogens is 1. The molecule has 1 amide bonds. The molecule has 1 aliphatic rings. The Labute approximate surface area is 126 Å². The molecular formula is C13H15ClN2O5. The molecule has 1 aromatic carbocycles. The highest BCUT2D eigenvalue weighted by atomic mass is 35.5. The van der Waals surface area contributed by atoms with Gasteiger partial charge in [-0.3, -0.25) is 14.9 Å². The van der Waals surface area contributed by atoms with E-state index in [1.807, 2.05) is 0 Å². The Kier molecular flexibility index (Phi) is 4.76. The Balaban J connectivity index is 2.14. The number of nitrogens with one attached hydrogen (secondary N) is 1. The second-order valence-electron chi connectivity index (χ2n) is 4.77. The standard InChI is InChI=1S/C13H15ClN2O5/c1-20-13(5-6-21-8-13)7-15-12(17)9-3-2-4-10(14)11(9)16(18)19/h2-4H,5-8H2,1H3,(H,15,17). The van der Waals surface area contributed by atoms with E-state index in [0.717, 1.165) is 0 Å². The number of carbonyl (C=O) groups excluding carboxylic acids is 1. The van der Waals surface area contributed by atoms with E-state index in [-0.39, 0.29) is 17.1 Å². The van der Waals surface area contributed by atoms with E-state index in [2.05, 4.69) is 5.32 Å². The zero-order valence-electron chi connectivity index (χ0n) is 11.4. The summed E-state index contributed by atoms with van der Waals surface area (Å²) in [6.45, 7) is 1.15. The SMILES string of the molecule is COC1(CNC(=O)c2cccc(Cl)c2[N+](=O)[O-])CCOC1. The first kappa shape index (κ1) is 15.7. The van der Waals surface area contributed by atoms with Crippen LogP contribution in [0.4, 0.5) is 5.69 Å². The lowest BCUT2D eigenvalue weighted by Crippen LogP contribution is -2.45. The quantitative estimate of drug-likeness (QED) is 0.661. The van der Waals surface area contributed by atoms with Gasteiger partial charge in [-0.05, 0) is 12.1 Å². The molecule has 1 N–H and O–H groups in total. The molecule has 1 heterocycles. The third-order valence-corrected chi connectivity index (χ3v) is 3.79. The second kappa shape index (κ2) is 6.38. The molecule has 0 bridgehead atoms. The summed E-state index contributed by atoms with van der Waals surface area (Å²) in [5.74, 6) is -0.562. The van der Waals surface area contributed by atoms with E-state index in [4.69, 9.17) is 21.1 Å². The zero-order chi connectivity index (χ0) is 15.5. The fourth-order valence-corrected chi connectivity index (χ4v) is 2.43. The second-order valence-corrected chi connectivity index (χ2v) is 5.17. The van der Waals surface area contributed by atoms with E-state index in [9.17, 15) is 14.9 Å². The Hall–Kier alpha value is -1.70. The lowest BCUT2D eigenvalue weighted by atomic mass is 10.0. The lowest BCUT2D eigenvalue weighted by Gasteiger charge is -2.25. The van der Waals surface area contributed by atoms with Crippen LogP contribution in [0.3, 0.4) is 0 Å². The summed E-state index contributed by atoms with van der Waals surface area (Å²) >= 11 is 5.78. The van der Waals surface area contributed by atoms with Crippen molar-refractivity contribution in [1.82, 2.24) is 5.32 Å². The lowest BCUT2D eigenvalue weighted by molar-refractivity contribution is -0.385. The van der Waals surface area contributed by atoms with Crippen molar-refractivity contribution < 1.29 is 19.2 Å². The molecule has 1 unspecified atom stereocenters. The number of ether oxygens (including phenoxy) is 2. The van der Waals surface area contributed by atoms with Crippen LogP contribution in [0.5, 0.6) is 0 Å². The highest BCUT2D eigenvalue weighted by molar-refractivity contribution is 6.33. The van der Waals surface area contributed by atoms with E-state index in [1.54, 1.807) is 7.11 Å². The first-order chi connectivity index (χ1) is 9.99. The average Bonchev–Trinajstić information content (AvgIpc) is 2.93. The number of nitrogens with zero attached hydrogens (tertiary/aromatic N) is 1. The number of amides is 1. The fraction of sp³-hybridized carbons (Fsp3) is 0.462. The van der Waals surface area contributed by atoms with Gasteiger partial charge in [0.2, 0.25) is 0 Å². The van der Waals surface area contributed by atoms with Crippen molar-refractivity contribution in [2.75, 3.05) is 26.9 Å². The fourth-order valence-electron chi connectivity index (χ4n) is 2.18. The number of para-hydroxylation sites is 1. The Bertz CT molecular complexity index is 557. The Morgan fingerprint density at radius 3 is 2.95 bits per heavy atom. The third-order valence-electron chi connectivity index (χ3n) is 3.49. The van der Waals surface area contributed by atoms with Crippen LogP contribution < -0.4 is 5.32 Å². The molecule has 2 rings (SSSR count). The first-order valence-electron chi connectivity index (χ1n) is 6.33. The number of hydrogen-bond donors (Lipinski definition) is 1. The summed E-state index contributed by atoms with van der Waals surface area (Å²) in [5.41, 5.74) is -1.05. The molecule has 1 saturated heterocycles. The summed E-state index contributed by atoms with van der Waals surface area (Å²) in [6, 6.07) is 4.23. The Morgan fingerprint density at radius 2 is 2.38 bits per heavy atom. The van der Waals surface area contributed by atoms with Crippen LogP contribution in [0.2, 0.25) is 5.02 Å². The van der Waals surface area contributed by atoms with Gasteiger partial charge in [-0.2, -0.15) is 0 Å². The molecule has 21 heavy (non-hydrogen) atoms. The molecule has 114 valence electrons. The van der Waals surface area contributed by atoms with E-state index >= 15 is 0 Å². The van der Waals surface area contributed by atoms with Gasteiger partial charge < -0.3 is 14.8 Å². The van der Waals surface area contributed by atoms with E-state index in [1.165, 1.54) is 18.2 Å². The van der Waals surface area contributed by atoms with Crippen molar-refractivity contribution in [2.45, 2.75) is 12.0 Å². The molecule has 8 heteroatoms. The molecule has 0 aromatic heterocycles. The van der Waals surface area contributed by atoms with Crippen LogP contribution in [0.25, 0.3) is 0 Å². The maximum Gasteiger partial charge on any atom is 0.300 e. The summed E-state index contributed by atoms with van der Waals surface area (Å²) in [7, 11) is 1.54. The van der Waals surface area contributed by atoms with Gasteiger partial charge in [0, 0.05) is 26.7 Å². The summed E-state index contributed by atoms with van der Waals surface area (Å²) < 4.78 is 10.7.